The number of methoxy groups -OCH3 is 2. The zero-order valence-electron chi connectivity index (χ0n) is 10.8. The SMILES string of the molecule is C=CCCCOc1c(OC)cc(C=O)cc1OC. The third kappa shape index (κ3) is 3.52. The van der Waals surface area contributed by atoms with Crippen molar-refractivity contribution < 1.29 is 19.0 Å². The number of hydrogen-bond acceptors (Lipinski definition) is 4. The maximum atomic E-state index is 10.8. The minimum absolute atomic E-state index is 0.488. The van der Waals surface area contributed by atoms with Gasteiger partial charge in [-0.05, 0) is 25.0 Å². The average molecular weight is 250 g/mol. The first-order chi connectivity index (χ1) is 8.76. The molecule has 1 aromatic carbocycles. The molecule has 0 aromatic heterocycles. The van der Waals surface area contributed by atoms with E-state index < -0.39 is 0 Å². The summed E-state index contributed by atoms with van der Waals surface area (Å²) >= 11 is 0. The number of unbranched alkanes of at least 4 members (excludes halogenated alkanes) is 1. The third-order valence-electron chi connectivity index (χ3n) is 2.42. The van der Waals surface area contributed by atoms with Gasteiger partial charge in [-0.2, -0.15) is 0 Å². The third-order valence-corrected chi connectivity index (χ3v) is 2.42. The van der Waals surface area contributed by atoms with Crippen molar-refractivity contribution in [3.63, 3.8) is 0 Å². The number of aldehydes is 1. The predicted octanol–water partition coefficient (Wildman–Crippen LogP) is 2.86. The van der Waals surface area contributed by atoms with Gasteiger partial charge >= 0.3 is 0 Å². The first-order valence-corrected chi connectivity index (χ1v) is 5.71. The van der Waals surface area contributed by atoms with E-state index in [0.29, 0.717) is 29.4 Å². The van der Waals surface area contributed by atoms with Gasteiger partial charge in [0.1, 0.15) is 6.29 Å². The molecule has 0 aliphatic rings. The number of carbonyl (C=O) groups is 1. The molecule has 4 heteroatoms. The summed E-state index contributed by atoms with van der Waals surface area (Å²) in [5.74, 6) is 1.51. The molecule has 1 aromatic rings. The van der Waals surface area contributed by atoms with Crippen LogP contribution in [0.15, 0.2) is 24.8 Å². The quantitative estimate of drug-likeness (QED) is 0.404. The van der Waals surface area contributed by atoms with E-state index in [1.807, 2.05) is 6.08 Å². The lowest BCUT2D eigenvalue weighted by atomic mass is 10.2. The van der Waals surface area contributed by atoms with Crippen molar-refractivity contribution in [2.75, 3.05) is 20.8 Å². The molecule has 0 amide bonds. The van der Waals surface area contributed by atoms with E-state index in [1.165, 1.54) is 14.2 Å². The van der Waals surface area contributed by atoms with Gasteiger partial charge in [-0.25, -0.2) is 0 Å². The van der Waals surface area contributed by atoms with Crippen molar-refractivity contribution >= 4 is 6.29 Å². The summed E-state index contributed by atoms with van der Waals surface area (Å²) in [5.41, 5.74) is 0.488. The Balaban J connectivity index is 2.92. The van der Waals surface area contributed by atoms with Crippen LogP contribution >= 0.6 is 0 Å². The lowest BCUT2D eigenvalue weighted by Crippen LogP contribution is -2.02. The Labute approximate surface area is 107 Å². The van der Waals surface area contributed by atoms with E-state index >= 15 is 0 Å². The van der Waals surface area contributed by atoms with Gasteiger partial charge in [-0.3, -0.25) is 4.79 Å². The van der Waals surface area contributed by atoms with Gasteiger partial charge in [0.15, 0.2) is 11.5 Å². The van der Waals surface area contributed by atoms with Gasteiger partial charge in [0.2, 0.25) is 5.75 Å². The Morgan fingerprint density at radius 2 is 1.83 bits per heavy atom. The number of allylic oxidation sites excluding steroid dienone is 1. The summed E-state index contributed by atoms with van der Waals surface area (Å²) < 4.78 is 16.0. The Morgan fingerprint density at radius 1 is 1.22 bits per heavy atom. The van der Waals surface area contributed by atoms with E-state index in [0.717, 1.165) is 19.1 Å². The van der Waals surface area contributed by atoms with Crippen LogP contribution in [0.3, 0.4) is 0 Å². The van der Waals surface area contributed by atoms with Crippen LogP contribution in [-0.2, 0) is 0 Å². The maximum absolute atomic E-state index is 10.8. The van der Waals surface area contributed by atoms with Gasteiger partial charge < -0.3 is 14.2 Å². The van der Waals surface area contributed by atoms with Crippen molar-refractivity contribution in [1.82, 2.24) is 0 Å². The lowest BCUT2D eigenvalue weighted by Gasteiger charge is -2.14. The van der Waals surface area contributed by atoms with E-state index in [-0.39, 0.29) is 0 Å². The predicted molar refractivity (Wildman–Crippen MR) is 69.9 cm³/mol. The average Bonchev–Trinajstić information content (AvgIpc) is 2.42. The lowest BCUT2D eigenvalue weighted by molar-refractivity contribution is 0.112. The van der Waals surface area contributed by atoms with Crippen LogP contribution in [0.25, 0.3) is 0 Å². The molecule has 4 nitrogen and oxygen atoms in total. The Bertz CT molecular complexity index is 387. The molecule has 18 heavy (non-hydrogen) atoms. The smallest absolute Gasteiger partial charge is 0.203 e. The molecule has 0 spiro atoms. The zero-order chi connectivity index (χ0) is 13.4. The Morgan fingerprint density at radius 3 is 2.28 bits per heavy atom. The minimum atomic E-state index is 0.488. The molecule has 0 fully saturated rings. The highest BCUT2D eigenvalue weighted by Gasteiger charge is 2.13. The molecule has 0 bridgehead atoms. The molecule has 0 aliphatic carbocycles. The van der Waals surface area contributed by atoms with Gasteiger partial charge in [-0.1, -0.05) is 6.08 Å². The number of ether oxygens (including phenoxy) is 3. The fourth-order valence-electron chi connectivity index (χ4n) is 1.51. The van der Waals surface area contributed by atoms with Gasteiger partial charge in [0.05, 0.1) is 20.8 Å². The molecule has 0 saturated carbocycles. The van der Waals surface area contributed by atoms with E-state index in [2.05, 4.69) is 6.58 Å². The fourth-order valence-corrected chi connectivity index (χ4v) is 1.51. The number of hydrogen-bond donors (Lipinski definition) is 0. The highest BCUT2D eigenvalue weighted by molar-refractivity contribution is 5.78. The molecule has 0 atom stereocenters. The van der Waals surface area contributed by atoms with Crippen LogP contribution < -0.4 is 14.2 Å². The van der Waals surface area contributed by atoms with Crippen LogP contribution in [0.5, 0.6) is 17.2 Å². The number of benzene rings is 1. The normalized spacial score (nSPS) is 9.67. The molecule has 1 rings (SSSR count). The van der Waals surface area contributed by atoms with Gasteiger partial charge in [-0.15, -0.1) is 6.58 Å². The van der Waals surface area contributed by atoms with Crippen molar-refractivity contribution in [2.24, 2.45) is 0 Å². The molecular weight excluding hydrogens is 232 g/mol. The van der Waals surface area contributed by atoms with E-state index in [1.54, 1.807) is 12.1 Å². The Kier molecular flexibility index (Phi) is 5.77. The Hall–Kier alpha value is -1.97. The van der Waals surface area contributed by atoms with Gasteiger partial charge in [0, 0.05) is 5.56 Å². The van der Waals surface area contributed by atoms with Crippen LogP contribution in [0.2, 0.25) is 0 Å². The summed E-state index contributed by atoms with van der Waals surface area (Å²) in [6.07, 6.45) is 4.34. The van der Waals surface area contributed by atoms with Crippen molar-refractivity contribution in [3.8, 4) is 17.2 Å². The van der Waals surface area contributed by atoms with E-state index in [4.69, 9.17) is 14.2 Å². The molecule has 0 unspecified atom stereocenters. The van der Waals surface area contributed by atoms with Crippen LogP contribution in [0.4, 0.5) is 0 Å². The summed E-state index contributed by atoms with van der Waals surface area (Å²) in [5, 5.41) is 0. The maximum Gasteiger partial charge on any atom is 0.203 e. The molecule has 0 radical (unpaired) electrons. The van der Waals surface area contributed by atoms with Crippen molar-refractivity contribution in [1.29, 1.82) is 0 Å². The second-order valence-electron chi connectivity index (χ2n) is 3.65. The largest absolute Gasteiger partial charge is 0.493 e. The van der Waals surface area contributed by atoms with Gasteiger partial charge in [0.25, 0.3) is 0 Å². The number of carbonyl (C=O) groups excluding carboxylic acids is 1. The monoisotopic (exact) mass is 250 g/mol. The minimum Gasteiger partial charge on any atom is -0.493 e. The van der Waals surface area contributed by atoms with Crippen molar-refractivity contribution in [2.45, 2.75) is 12.8 Å². The van der Waals surface area contributed by atoms with E-state index in [9.17, 15) is 4.79 Å². The number of rotatable bonds is 8. The van der Waals surface area contributed by atoms with Crippen LogP contribution in [0, 0.1) is 0 Å². The standard InChI is InChI=1S/C14H18O4/c1-4-5-6-7-18-14-12(16-2)8-11(10-15)9-13(14)17-3/h4,8-10H,1,5-7H2,2-3H3. The van der Waals surface area contributed by atoms with Crippen LogP contribution in [-0.4, -0.2) is 27.1 Å². The molecule has 0 heterocycles. The molecule has 0 saturated heterocycles. The van der Waals surface area contributed by atoms with Crippen molar-refractivity contribution in [3.05, 3.63) is 30.4 Å². The topological polar surface area (TPSA) is 44.8 Å². The summed E-state index contributed by atoms with van der Waals surface area (Å²) in [6, 6.07) is 3.25. The highest BCUT2D eigenvalue weighted by atomic mass is 16.5. The molecule has 0 N–H and O–H groups in total. The second-order valence-corrected chi connectivity index (χ2v) is 3.65. The summed E-state index contributed by atoms with van der Waals surface area (Å²) in [4.78, 5) is 10.8. The highest BCUT2D eigenvalue weighted by Crippen LogP contribution is 2.38. The fraction of sp³-hybridized carbons (Fsp3) is 0.357. The molecule has 98 valence electrons. The zero-order valence-corrected chi connectivity index (χ0v) is 10.8. The second kappa shape index (κ2) is 7.37. The summed E-state index contributed by atoms with van der Waals surface area (Å²) in [7, 11) is 3.06. The first-order valence-electron chi connectivity index (χ1n) is 5.71. The first kappa shape index (κ1) is 14.1. The summed E-state index contributed by atoms with van der Waals surface area (Å²) in [6.45, 7) is 4.19. The van der Waals surface area contributed by atoms with Crippen LogP contribution in [0.1, 0.15) is 23.2 Å². The molecule has 0 aliphatic heterocycles. The molecular formula is C14H18O4.